The number of aromatic nitrogens is 4. The second kappa shape index (κ2) is 6.35. The molecule has 3 heterocycles. The van der Waals surface area contributed by atoms with Gasteiger partial charge >= 0.3 is 6.18 Å². The third kappa shape index (κ3) is 3.05. The summed E-state index contributed by atoms with van der Waals surface area (Å²) in [6.07, 6.45) is -1.72. The predicted octanol–water partition coefficient (Wildman–Crippen LogP) is 3.17. The molecular weight excluding hydrogens is 369 g/mol. The predicted molar refractivity (Wildman–Crippen MR) is 88.3 cm³/mol. The quantitative estimate of drug-likeness (QED) is 0.691. The Morgan fingerprint density at radius 1 is 1.19 bits per heavy atom. The van der Waals surface area contributed by atoms with E-state index in [2.05, 4.69) is 15.1 Å². The lowest BCUT2D eigenvalue weighted by atomic mass is 10.1. The Morgan fingerprint density at radius 2 is 1.92 bits per heavy atom. The molecule has 10 heteroatoms. The van der Waals surface area contributed by atoms with Crippen molar-refractivity contribution in [3.8, 4) is 11.3 Å². The molecule has 138 valence electrons. The maximum atomic E-state index is 13.6. The van der Waals surface area contributed by atoms with Gasteiger partial charge in [0.2, 0.25) is 0 Å². The van der Waals surface area contributed by atoms with Crippen LogP contribution in [0.3, 0.4) is 0 Å². The number of alkyl halides is 3. The summed E-state index contributed by atoms with van der Waals surface area (Å²) in [5, 5.41) is 3.56. The van der Waals surface area contributed by atoms with Gasteiger partial charge in [-0.1, -0.05) is 13.8 Å². The highest BCUT2D eigenvalue weighted by Gasteiger charge is 2.40. The van der Waals surface area contributed by atoms with Crippen LogP contribution in [0, 0.1) is 0 Å². The van der Waals surface area contributed by atoms with Gasteiger partial charge in [-0.15, -0.1) is 0 Å². The van der Waals surface area contributed by atoms with E-state index in [-0.39, 0.29) is 22.0 Å². The zero-order chi connectivity index (χ0) is 19.1. The monoisotopic (exact) mass is 384 g/mol. The third-order valence-corrected chi connectivity index (χ3v) is 5.65. The van der Waals surface area contributed by atoms with Gasteiger partial charge in [-0.05, 0) is 24.6 Å². The third-order valence-electron chi connectivity index (χ3n) is 3.89. The zero-order valence-electron chi connectivity index (χ0n) is 13.9. The van der Waals surface area contributed by atoms with Crippen molar-refractivity contribution >= 4 is 15.5 Å². The summed E-state index contributed by atoms with van der Waals surface area (Å²) in [6.45, 7) is 3.20. The number of nitrogens with zero attached hydrogens (tertiary/aromatic N) is 4. The van der Waals surface area contributed by atoms with Gasteiger partial charge < -0.3 is 0 Å². The van der Waals surface area contributed by atoms with E-state index in [1.807, 2.05) is 0 Å². The van der Waals surface area contributed by atoms with Gasteiger partial charge in [-0.3, -0.25) is 4.98 Å². The standard InChI is InChI=1S/C16H15F3N4O2S/c1-3-10-6-7-11(26(24,25)4-2)13(21-10)12-14(16(17,18)19)22-23-9-5-8-20-15(12)23/h5-9H,3-4H2,1-2H3. The van der Waals surface area contributed by atoms with Crippen molar-refractivity contribution in [3.05, 3.63) is 42.0 Å². The van der Waals surface area contributed by atoms with Crippen molar-refractivity contribution < 1.29 is 21.6 Å². The molecule has 0 atom stereocenters. The second-order valence-corrected chi connectivity index (χ2v) is 7.76. The highest BCUT2D eigenvalue weighted by Crippen LogP contribution is 2.40. The summed E-state index contributed by atoms with van der Waals surface area (Å²) in [5.41, 5.74) is -1.55. The summed E-state index contributed by atoms with van der Waals surface area (Å²) in [7, 11) is -3.81. The number of hydrogen-bond acceptors (Lipinski definition) is 5. The largest absolute Gasteiger partial charge is 0.435 e. The van der Waals surface area contributed by atoms with E-state index >= 15 is 0 Å². The molecule has 0 amide bonds. The molecule has 3 aromatic heterocycles. The molecular formula is C16H15F3N4O2S. The van der Waals surface area contributed by atoms with Gasteiger partial charge in [0.25, 0.3) is 0 Å². The molecule has 0 unspecified atom stereocenters. The molecule has 0 aliphatic carbocycles. The first-order chi connectivity index (χ1) is 12.2. The average Bonchev–Trinajstić information content (AvgIpc) is 3.01. The van der Waals surface area contributed by atoms with Crippen molar-refractivity contribution in [2.24, 2.45) is 0 Å². The SMILES string of the molecule is CCc1ccc(S(=O)(=O)CC)c(-c2c(C(F)(F)F)nn3cccnc23)n1. The van der Waals surface area contributed by atoms with E-state index in [1.165, 1.54) is 37.5 Å². The smallest absolute Gasteiger partial charge is 0.251 e. The first-order valence-electron chi connectivity index (χ1n) is 7.82. The summed E-state index contributed by atoms with van der Waals surface area (Å²) >= 11 is 0. The first kappa shape index (κ1) is 18.3. The molecule has 6 nitrogen and oxygen atoms in total. The number of hydrogen-bond donors (Lipinski definition) is 0. The number of halogens is 3. The highest BCUT2D eigenvalue weighted by molar-refractivity contribution is 7.91. The fourth-order valence-electron chi connectivity index (χ4n) is 2.57. The van der Waals surface area contributed by atoms with Crippen molar-refractivity contribution in [1.29, 1.82) is 0 Å². The molecule has 0 saturated carbocycles. The van der Waals surface area contributed by atoms with Crippen LogP contribution in [0.15, 0.2) is 35.5 Å². The Balaban J connectivity index is 2.47. The van der Waals surface area contributed by atoms with Crippen LogP contribution in [0.1, 0.15) is 25.2 Å². The molecule has 3 aromatic rings. The molecule has 0 N–H and O–H groups in total. The van der Waals surface area contributed by atoms with E-state index in [0.29, 0.717) is 12.1 Å². The van der Waals surface area contributed by atoms with E-state index in [9.17, 15) is 21.6 Å². The van der Waals surface area contributed by atoms with Crippen LogP contribution in [0.25, 0.3) is 16.9 Å². The molecule has 0 fully saturated rings. The van der Waals surface area contributed by atoms with Gasteiger partial charge in [0.15, 0.2) is 21.2 Å². The number of aryl methyl sites for hydroxylation is 1. The van der Waals surface area contributed by atoms with Crippen LogP contribution in [0.2, 0.25) is 0 Å². The Labute approximate surface area is 147 Å². The number of pyridine rings is 1. The van der Waals surface area contributed by atoms with Crippen LogP contribution >= 0.6 is 0 Å². The molecule has 0 aromatic carbocycles. The maximum absolute atomic E-state index is 13.6. The molecule has 0 bridgehead atoms. The molecule has 3 rings (SSSR count). The summed E-state index contributed by atoms with van der Waals surface area (Å²) < 4.78 is 66.6. The number of fused-ring (bicyclic) bond motifs is 1. The number of sulfone groups is 1. The fraction of sp³-hybridized carbons (Fsp3) is 0.312. The lowest BCUT2D eigenvalue weighted by Gasteiger charge is -2.12. The molecule has 0 spiro atoms. The van der Waals surface area contributed by atoms with Gasteiger partial charge in [-0.25, -0.2) is 17.9 Å². The molecule has 0 saturated heterocycles. The maximum Gasteiger partial charge on any atom is 0.435 e. The Hall–Kier alpha value is -2.49. The first-order valence-corrected chi connectivity index (χ1v) is 9.47. The summed E-state index contributed by atoms with van der Waals surface area (Å²) in [6, 6.07) is 4.23. The van der Waals surface area contributed by atoms with Gasteiger partial charge in [0, 0.05) is 18.1 Å². The normalized spacial score (nSPS) is 12.7. The van der Waals surface area contributed by atoms with E-state index in [0.717, 1.165) is 4.52 Å². The summed E-state index contributed by atoms with van der Waals surface area (Å²) in [4.78, 5) is 7.90. The Morgan fingerprint density at radius 3 is 2.54 bits per heavy atom. The van der Waals surface area contributed by atoms with Crippen molar-refractivity contribution in [3.63, 3.8) is 0 Å². The van der Waals surface area contributed by atoms with E-state index in [4.69, 9.17) is 0 Å². The van der Waals surface area contributed by atoms with Crippen molar-refractivity contribution in [2.75, 3.05) is 5.75 Å². The highest BCUT2D eigenvalue weighted by atomic mass is 32.2. The van der Waals surface area contributed by atoms with E-state index in [1.54, 1.807) is 6.92 Å². The van der Waals surface area contributed by atoms with Crippen LogP contribution in [-0.4, -0.2) is 33.8 Å². The van der Waals surface area contributed by atoms with E-state index < -0.39 is 27.3 Å². The lowest BCUT2D eigenvalue weighted by Crippen LogP contribution is -2.12. The topological polar surface area (TPSA) is 77.2 Å². The Kier molecular flexibility index (Phi) is 4.47. The fourth-order valence-corrected chi connectivity index (χ4v) is 3.60. The lowest BCUT2D eigenvalue weighted by molar-refractivity contribution is -0.140. The van der Waals surface area contributed by atoms with Crippen molar-refractivity contribution in [2.45, 2.75) is 31.3 Å². The minimum atomic E-state index is -4.79. The average molecular weight is 384 g/mol. The van der Waals surface area contributed by atoms with Crippen molar-refractivity contribution in [1.82, 2.24) is 19.6 Å². The molecule has 26 heavy (non-hydrogen) atoms. The number of rotatable bonds is 4. The second-order valence-electron chi connectivity index (χ2n) is 5.52. The van der Waals surface area contributed by atoms with Gasteiger partial charge in [0.05, 0.1) is 21.9 Å². The van der Waals surface area contributed by atoms with Gasteiger partial charge in [-0.2, -0.15) is 18.3 Å². The minimum absolute atomic E-state index is 0.104. The molecule has 0 radical (unpaired) electrons. The molecule has 0 aliphatic heterocycles. The zero-order valence-corrected chi connectivity index (χ0v) is 14.8. The molecule has 0 aliphatic rings. The minimum Gasteiger partial charge on any atom is -0.251 e. The van der Waals surface area contributed by atoms with Crippen LogP contribution in [0.5, 0.6) is 0 Å². The van der Waals surface area contributed by atoms with Crippen LogP contribution in [-0.2, 0) is 22.4 Å². The van der Waals surface area contributed by atoms with Crippen LogP contribution in [0.4, 0.5) is 13.2 Å². The van der Waals surface area contributed by atoms with Gasteiger partial charge in [0.1, 0.15) is 0 Å². The van der Waals surface area contributed by atoms with Crippen LogP contribution < -0.4 is 0 Å². The Bertz CT molecular complexity index is 1070. The summed E-state index contributed by atoms with van der Waals surface area (Å²) in [5.74, 6) is -0.263.